The maximum absolute atomic E-state index is 12.0. The summed E-state index contributed by atoms with van der Waals surface area (Å²) in [4.78, 5) is 1.04. The molecule has 2 rings (SSSR count). The molecule has 0 radical (unpaired) electrons. The van der Waals surface area contributed by atoms with Gasteiger partial charge in [-0.15, -0.1) is 11.3 Å². The van der Waals surface area contributed by atoms with Crippen LogP contribution in [0.3, 0.4) is 0 Å². The molecule has 96 valence electrons. The van der Waals surface area contributed by atoms with Crippen LogP contribution in [0.25, 0.3) is 0 Å². The monoisotopic (exact) mass is 274 g/mol. The van der Waals surface area contributed by atoms with Crippen molar-refractivity contribution in [3.8, 4) is 0 Å². The molecule has 0 spiro atoms. The minimum Gasteiger partial charge on any atom is -0.197 e. The average Bonchev–Trinajstić information content (AvgIpc) is 2.79. The smallest absolute Gasteiger partial charge is 0.197 e. The highest BCUT2D eigenvalue weighted by Crippen LogP contribution is 2.18. The largest absolute Gasteiger partial charge is 0.279 e. The fraction of sp³-hybridized carbons (Fsp3) is 0.636. The number of nitrogens with zero attached hydrogens (tertiary/aromatic N) is 1. The molecule has 4 nitrogen and oxygen atoms in total. The number of hydrogen-bond donors (Lipinski definition) is 1. The lowest BCUT2D eigenvalue weighted by Crippen LogP contribution is -2.45. The SMILES string of the molecule is CC1CCCN(S(=O)(=O)NCc2cccs2)C1. The van der Waals surface area contributed by atoms with Gasteiger partial charge in [0.2, 0.25) is 0 Å². The normalized spacial score (nSPS) is 22.8. The quantitative estimate of drug-likeness (QED) is 0.910. The first-order valence-corrected chi connectivity index (χ1v) is 8.17. The van der Waals surface area contributed by atoms with E-state index in [9.17, 15) is 8.42 Å². The van der Waals surface area contributed by atoms with Gasteiger partial charge in [0.1, 0.15) is 0 Å². The minimum absolute atomic E-state index is 0.394. The summed E-state index contributed by atoms with van der Waals surface area (Å²) in [5.41, 5.74) is 0. The Kier molecular flexibility index (Phi) is 4.19. The van der Waals surface area contributed by atoms with Gasteiger partial charge in [0, 0.05) is 24.5 Å². The van der Waals surface area contributed by atoms with Crippen LogP contribution in [0.4, 0.5) is 0 Å². The Morgan fingerprint density at radius 3 is 3.06 bits per heavy atom. The summed E-state index contributed by atoms with van der Waals surface area (Å²) in [6.45, 7) is 3.77. The third-order valence-corrected chi connectivity index (χ3v) is 5.37. The van der Waals surface area contributed by atoms with Gasteiger partial charge in [-0.3, -0.25) is 0 Å². The molecule has 1 fully saturated rings. The molecule has 1 N–H and O–H groups in total. The Labute approximate surface area is 107 Å². The molecule has 0 aliphatic carbocycles. The van der Waals surface area contributed by atoms with Crippen molar-refractivity contribution in [3.63, 3.8) is 0 Å². The van der Waals surface area contributed by atoms with Crippen molar-refractivity contribution in [1.29, 1.82) is 0 Å². The van der Waals surface area contributed by atoms with Gasteiger partial charge in [0.15, 0.2) is 0 Å². The van der Waals surface area contributed by atoms with Crippen LogP contribution in [0.2, 0.25) is 0 Å². The van der Waals surface area contributed by atoms with Gasteiger partial charge >= 0.3 is 0 Å². The molecule has 2 heterocycles. The maximum atomic E-state index is 12.0. The molecule has 1 aliphatic rings. The van der Waals surface area contributed by atoms with Crippen LogP contribution < -0.4 is 4.72 Å². The number of hydrogen-bond acceptors (Lipinski definition) is 3. The molecule has 1 aromatic rings. The second-order valence-corrected chi connectivity index (χ2v) is 7.30. The number of piperidine rings is 1. The second kappa shape index (κ2) is 5.48. The molecule has 0 saturated carbocycles. The van der Waals surface area contributed by atoms with Gasteiger partial charge in [0.25, 0.3) is 10.2 Å². The van der Waals surface area contributed by atoms with E-state index in [0.717, 1.165) is 17.7 Å². The summed E-state index contributed by atoms with van der Waals surface area (Å²) in [6.07, 6.45) is 2.08. The number of rotatable bonds is 4. The van der Waals surface area contributed by atoms with E-state index in [1.54, 1.807) is 15.6 Å². The molecule has 0 aromatic carbocycles. The topological polar surface area (TPSA) is 49.4 Å². The van der Waals surface area contributed by atoms with E-state index in [1.807, 2.05) is 17.5 Å². The molecule has 0 amide bonds. The zero-order chi connectivity index (χ0) is 12.3. The Morgan fingerprint density at radius 2 is 2.41 bits per heavy atom. The van der Waals surface area contributed by atoms with Gasteiger partial charge < -0.3 is 0 Å². The van der Waals surface area contributed by atoms with E-state index in [2.05, 4.69) is 11.6 Å². The first-order chi connectivity index (χ1) is 8.08. The Morgan fingerprint density at radius 1 is 1.59 bits per heavy atom. The lowest BCUT2D eigenvalue weighted by Gasteiger charge is -2.29. The lowest BCUT2D eigenvalue weighted by molar-refractivity contribution is 0.278. The third-order valence-electron chi connectivity index (χ3n) is 2.97. The van der Waals surface area contributed by atoms with Crippen molar-refractivity contribution in [2.45, 2.75) is 26.3 Å². The van der Waals surface area contributed by atoms with Gasteiger partial charge in [-0.25, -0.2) is 0 Å². The summed E-state index contributed by atoms with van der Waals surface area (Å²) < 4.78 is 28.3. The molecule has 0 bridgehead atoms. The van der Waals surface area contributed by atoms with Crippen LogP contribution >= 0.6 is 11.3 Å². The fourth-order valence-electron chi connectivity index (χ4n) is 2.03. The summed E-state index contributed by atoms with van der Waals surface area (Å²) >= 11 is 1.57. The zero-order valence-corrected chi connectivity index (χ0v) is 11.6. The highest BCUT2D eigenvalue weighted by molar-refractivity contribution is 7.87. The molecule has 1 unspecified atom stereocenters. The highest BCUT2D eigenvalue weighted by Gasteiger charge is 2.26. The van der Waals surface area contributed by atoms with E-state index in [1.165, 1.54) is 0 Å². The van der Waals surface area contributed by atoms with E-state index < -0.39 is 10.2 Å². The van der Waals surface area contributed by atoms with Gasteiger partial charge in [-0.2, -0.15) is 17.4 Å². The summed E-state index contributed by atoms with van der Waals surface area (Å²) in [7, 11) is -3.30. The predicted molar refractivity (Wildman–Crippen MR) is 70.0 cm³/mol. The van der Waals surface area contributed by atoms with Crippen LogP contribution in [-0.2, 0) is 16.8 Å². The predicted octanol–water partition coefficient (Wildman–Crippen LogP) is 1.81. The second-order valence-electron chi connectivity index (χ2n) is 4.51. The maximum Gasteiger partial charge on any atom is 0.279 e. The van der Waals surface area contributed by atoms with Crippen molar-refractivity contribution in [1.82, 2.24) is 9.03 Å². The first-order valence-electron chi connectivity index (χ1n) is 5.85. The van der Waals surface area contributed by atoms with Gasteiger partial charge in [0.05, 0.1) is 0 Å². The van der Waals surface area contributed by atoms with Gasteiger partial charge in [-0.05, 0) is 30.2 Å². The molecule has 6 heteroatoms. The Bertz CT molecular complexity index is 442. The first kappa shape index (κ1) is 13.0. The Balaban J connectivity index is 1.94. The highest BCUT2D eigenvalue weighted by atomic mass is 32.2. The van der Waals surface area contributed by atoms with Crippen LogP contribution in [-0.4, -0.2) is 25.8 Å². The molecule has 17 heavy (non-hydrogen) atoms. The van der Waals surface area contributed by atoms with Gasteiger partial charge in [-0.1, -0.05) is 13.0 Å². The minimum atomic E-state index is -3.30. The molecular formula is C11H18N2O2S2. The van der Waals surface area contributed by atoms with Crippen LogP contribution in [0, 0.1) is 5.92 Å². The third kappa shape index (κ3) is 3.51. The van der Waals surface area contributed by atoms with E-state index in [4.69, 9.17) is 0 Å². The molecule has 1 saturated heterocycles. The van der Waals surface area contributed by atoms with E-state index in [0.29, 0.717) is 25.6 Å². The summed E-state index contributed by atoms with van der Waals surface area (Å²) in [5.74, 6) is 0.460. The molecular weight excluding hydrogens is 256 g/mol. The number of thiophene rings is 1. The Hall–Kier alpha value is -0.430. The summed E-state index contributed by atoms with van der Waals surface area (Å²) in [6, 6.07) is 3.86. The lowest BCUT2D eigenvalue weighted by atomic mass is 10.0. The van der Waals surface area contributed by atoms with Crippen LogP contribution in [0.15, 0.2) is 17.5 Å². The van der Waals surface area contributed by atoms with Crippen LogP contribution in [0.5, 0.6) is 0 Å². The number of nitrogens with one attached hydrogen (secondary N) is 1. The van der Waals surface area contributed by atoms with Crippen molar-refractivity contribution < 1.29 is 8.42 Å². The van der Waals surface area contributed by atoms with Crippen molar-refractivity contribution in [2.24, 2.45) is 5.92 Å². The average molecular weight is 274 g/mol. The molecule has 1 atom stereocenters. The fourth-order valence-corrected chi connectivity index (χ4v) is 4.11. The molecule has 1 aromatic heterocycles. The van der Waals surface area contributed by atoms with E-state index >= 15 is 0 Å². The standard InChI is InChI=1S/C11H18N2O2S2/c1-10-4-2-6-13(9-10)17(14,15)12-8-11-5-3-7-16-11/h3,5,7,10,12H,2,4,6,8-9H2,1H3. The van der Waals surface area contributed by atoms with Crippen molar-refractivity contribution in [3.05, 3.63) is 22.4 Å². The zero-order valence-electron chi connectivity index (χ0n) is 9.93. The van der Waals surface area contributed by atoms with Crippen molar-refractivity contribution in [2.75, 3.05) is 13.1 Å². The van der Waals surface area contributed by atoms with Crippen molar-refractivity contribution >= 4 is 21.5 Å². The van der Waals surface area contributed by atoms with E-state index in [-0.39, 0.29) is 0 Å². The van der Waals surface area contributed by atoms with Crippen LogP contribution in [0.1, 0.15) is 24.6 Å². The molecule has 1 aliphatic heterocycles. The summed E-state index contributed by atoms with van der Waals surface area (Å²) in [5, 5.41) is 1.95.